The zero-order valence-electron chi connectivity index (χ0n) is 11.1. The molecule has 0 aliphatic carbocycles. The van der Waals surface area contributed by atoms with Gasteiger partial charge in [-0.25, -0.2) is 8.42 Å². The number of hydrogen-bond acceptors (Lipinski definition) is 3. The summed E-state index contributed by atoms with van der Waals surface area (Å²) in [6, 6.07) is 7.40. The van der Waals surface area contributed by atoms with Crippen molar-refractivity contribution in [1.29, 1.82) is 5.26 Å². The first-order valence-electron chi connectivity index (χ1n) is 5.79. The highest BCUT2D eigenvalue weighted by atomic mass is 32.2. The minimum Gasteiger partial charge on any atom is -0.272 e. The lowest BCUT2D eigenvalue weighted by Gasteiger charge is -2.23. The van der Waals surface area contributed by atoms with Crippen molar-refractivity contribution < 1.29 is 8.42 Å². The molecule has 0 aliphatic heterocycles. The van der Waals surface area contributed by atoms with Gasteiger partial charge in [0, 0.05) is 7.05 Å². The Morgan fingerprint density at radius 1 is 1.39 bits per heavy atom. The molecular weight excluding hydrogens is 248 g/mol. The summed E-state index contributed by atoms with van der Waals surface area (Å²) >= 11 is 0. The summed E-state index contributed by atoms with van der Waals surface area (Å²) in [6.07, 6.45) is 0.286. The van der Waals surface area contributed by atoms with Gasteiger partial charge in [0.25, 0.3) is 10.0 Å². The molecule has 1 aromatic carbocycles. The van der Waals surface area contributed by atoms with Crippen LogP contribution in [0.2, 0.25) is 0 Å². The molecule has 0 aliphatic rings. The first kappa shape index (κ1) is 14.5. The van der Waals surface area contributed by atoms with Gasteiger partial charge in [0.05, 0.1) is 11.8 Å². The molecule has 4 nitrogen and oxygen atoms in total. The zero-order chi connectivity index (χ0) is 13.9. The Morgan fingerprint density at radius 2 is 2.00 bits per heavy atom. The Hall–Kier alpha value is -1.54. The number of benzene rings is 1. The zero-order valence-corrected chi connectivity index (χ0v) is 12.0. The van der Waals surface area contributed by atoms with E-state index in [1.807, 2.05) is 32.0 Å². The molecule has 0 radical (unpaired) electrons. The van der Waals surface area contributed by atoms with Crippen LogP contribution in [0.5, 0.6) is 0 Å². The molecule has 98 valence electrons. The van der Waals surface area contributed by atoms with Crippen LogP contribution in [-0.4, -0.2) is 20.7 Å². The molecule has 1 atom stereocenters. The highest BCUT2D eigenvalue weighted by Crippen LogP contribution is 2.24. The Labute approximate surface area is 109 Å². The average Bonchev–Trinajstić information content (AvgIpc) is 2.29. The largest absolute Gasteiger partial charge is 0.272 e. The smallest absolute Gasteiger partial charge is 0.251 e. The van der Waals surface area contributed by atoms with E-state index in [-0.39, 0.29) is 6.42 Å². The molecular formula is C13H18N2O2S. The van der Waals surface area contributed by atoms with Crippen molar-refractivity contribution in [3.8, 4) is 6.07 Å². The molecule has 1 unspecified atom stereocenters. The summed E-state index contributed by atoms with van der Waals surface area (Å²) in [4.78, 5) is 0. The molecule has 18 heavy (non-hydrogen) atoms. The van der Waals surface area contributed by atoms with E-state index in [2.05, 4.69) is 0 Å². The second-order valence-corrected chi connectivity index (χ2v) is 6.48. The second kappa shape index (κ2) is 5.40. The summed E-state index contributed by atoms with van der Waals surface area (Å²) < 4.78 is 25.7. The average molecular weight is 266 g/mol. The van der Waals surface area contributed by atoms with Crippen LogP contribution in [-0.2, 0) is 10.0 Å². The number of aryl methyl sites for hydroxylation is 2. The Morgan fingerprint density at radius 3 is 2.44 bits per heavy atom. The molecule has 0 saturated heterocycles. The molecule has 0 aromatic heterocycles. The van der Waals surface area contributed by atoms with Crippen molar-refractivity contribution in [3.63, 3.8) is 0 Å². The molecule has 0 bridgehead atoms. The molecule has 0 heterocycles. The van der Waals surface area contributed by atoms with Crippen molar-refractivity contribution in [1.82, 2.24) is 0 Å². The fourth-order valence-electron chi connectivity index (χ4n) is 1.86. The highest BCUT2D eigenvalue weighted by molar-refractivity contribution is 7.93. The lowest BCUT2D eigenvalue weighted by atomic mass is 10.1. The SMILES string of the molecule is CCC(C#N)S(=O)(=O)N(C)c1ccc(C)cc1C. The number of nitrogens with zero attached hydrogens (tertiary/aromatic N) is 2. The summed E-state index contributed by atoms with van der Waals surface area (Å²) in [6.45, 7) is 5.51. The molecule has 0 N–H and O–H groups in total. The van der Waals surface area contributed by atoms with Gasteiger partial charge in [-0.3, -0.25) is 4.31 Å². The van der Waals surface area contributed by atoms with E-state index >= 15 is 0 Å². The van der Waals surface area contributed by atoms with E-state index in [1.165, 1.54) is 11.4 Å². The Bertz CT molecular complexity index is 573. The third-order valence-corrected chi connectivity index (χ3v) is 5.07. The van der Waals surface area contributed by atoms with E-state index in [0.717, 1.165) is 11.1 Å². The minimum atomic E-state index is -3.62. The Balaban J connectivity index is 3.22. The van der Waals surface area contributed by atoms with E-state index in [0.29, 0.717) is 5.69 Å². The first-order valence-corrected chi connectivity index (χ1v) is 7.29. The monoisotopic (exact) mass is 266 g/mol. The van der Waals surface area contributed by atoms with E-state index < -0.39 is 15.3 Å². The molecule has 0 spiro atoms. The van der Waals surface area contributed by atoms with Gasteiger partial charge in [-0.15, -0.1) is 0 Å². The molecule has 1 rings (SSSR count). The topological polar surface area (TPSA) is 61.2 Å². The third-order valence-electron chi connectivity index (χ3n) is 2.95. The lowest BCUT2D eigenvalue weighted by Crippen LogP contribution is -2.35. The van der Waals surface area contributed by atoms with Gasteiger partial charge in [0.15, 0.2) is 5.25 Å². The van der Waals surface area contributed by atoms with Crippen LogP contribution in [0, 0.1) is 25.2 Å². The van der Waals surface area contributed by atoms with Crippen LogP contribution in [0.15, 0.2) is 18.2 Å². The number of rotatable bonds is 4. The van der Waals surface area contributed by atoms with Crippen molar-refractivity contribution in [2.45, 2.75) is 32.4 Å². The third kappa shape index (κ3) is 2.65. The van der Waals surface area contributed by atoms with Crippen molar-refractivity contribution >= 4 is 15.7 Å². The minimum absolute atomic E-state index is 0.286. The molecule has 0 amide bonds. The lowest BCUT2D eigenvalue weighted by molar-refractivity contribution is 0.585. The van der Waals surface area contributed by atoms with Crippen LogP contribution < -0.4 is 4.31 Å². The standard InChI is InChI=1S/C13H18N2O2S/c1-5-12(9-14)18(16,17)15(4)13-7-6-10(2)8-11(13)3/h6-8,12H,5H2,1-4H3. The van der Waals surface area contributed by atoms with Crippen LogP contribution in [0.25, 0.3) is 0 Å². The quantitative estimate of drug-likeness (QED) is 0.840. The predicted molar refractivity (Wildman–Crippen MR) is 72.9 cm³/mol. The highest BCUT2D eigenvalue weighted by Gasteiger charge is 2.29. The fourth-order valence-corrected chi connectivity index (χ4v) is 3.27. The van der Waals surface area contributed by atoms with Gasteiger partial charge in [-0.1, -0.05) is 24.6 Å². The number of anilines is 1. The summed E-state index contributed by atoms with van der Waals surface area (Å²) in [5.74, 6) is 0. The Kier molecular flexibility index (Phi) is 4.36. The molecule has 0 fully saturated rings. The number of sulfonamides is 1. The molecule has 5 heteroatoms. The second-order valence-electron chi connectivity index (χ2n) is 4.33. The van der Waals surface area contributed by atoms with E-state index in [9.17, 15) is 8.42 Å². The predicted octanol–water partition coefficient (Wildman–Crippen LogP) is 2.37. The molecule has 1 aromatic rings. The first-order chi connectivity index (χ1) is 8.34. The van der Waals surface area contributed by atoms with Gasteiger partial charge in [-0.2, -0.15) is 5.26 Å². The van der Waals surface area contributed by atoms with Crippen LogP contribution in [0.3, 0.4) is 0 Å². The summed E-state index contributed by atoms with van der Waals surface area (Å²) in [5.41, 5.74) is 2.58. The van der Waals surface area contributed by atoms with Gasteiger partial charge in [0.1, 0.15) is 0 Å². The molecule has 0 saturated carbocycles. The van der Waals surface area contributed by atoms with Crippen molar-refractivity contribution in [2.24, 2.45) is 0 Å². The summed E-state index contributed by atoms with van der Waals surface area (Å²) in [5, 5.41) is 7.92. The van der Waals surface area contributed by atoms with Crippen LogP contribution in [0.4, 0.5) is 5.69 Å². The maximum atomic E-state index is 12.2. The van der Waals surface area contributed by atoms with Gasteiger partial charge < -0.3 is 0 Å². The van der Waals surface area contributed by atoms with Crippen molar-refractivity contribution in [3.05, 3.63) is 29.3 Å². The maximum Gasteiger partial charge on any atom is 0.251 e. The maximum absolute atomic E-state index is 12.2. The van der Waals surface area contributed by atoms with E-state index in [1.54, 1.807) is 13.0 Å². The van der Waals surface area contributed by atoms with Gasteiger partial charge in [0.2, 0.25) is 0 Å². The number of nitriles is 1. The van der Waals surface area contributed by atoms with Crippen LogP contribution in [0.1, 0.15) is 24.5 Å². The normalized spacial score (nSPS) is 12.8. The van der Waals surface area contributed by atoms with Gasteiger partial charge >= 0.3 is 0 Å². The van der Waals surface area contributed by atoms with E-state index in [4.69, 9.17) is 5.26 Å². The van der Waals surface area contributed by atoms with Gasteiger partial charge in [-0.05, 0) is 31.9 Å². The van der Waals surface area contributed by atoms with Crippen LogP contribution >= 0.6 is 0 Å². The number of hydrogen-bond donors (Lipinski definition) is 0. The van der Waals surface area contributed by atoms with Crippen molar-refractivity contribution in [2.75, 3.05) is 11.4 Å². The summed E-state index contributed by atoms with van der Waals surface area (Å²) in [7, 11) is -2.12. The fraction of sp³-hybridized carbons (Fsp3) is 0.462.